The van der Waals surface area contributed by atoms with Crippen molar-refractivity contribution < 1.29 is 14.4 Å². The SMILES string of the molecule is C/C(CC(=O)NC1CCCC1)=N/NC(=O)C(=O)NC(C)C. The van der Waals surface area contributed by atoms with Gasteiger partial charge < -0.3 is 10.6 Å². The lowest BCUT2D eigenvalue weighted by Crippen LogP contribution is -2.41. The molecular formula is C14H24N4O3. The van der Waals surface area contributed by atoms with Gasteiger partial charge in [-0.3, -0.25) is 14.4 Å². The van der Waals surface area contributed by atoms with Crippen LogP contribution in [0.1, 0.15) is 52.9 Å². The Hall–Kier alpha value is -1.92. The van der Waals surface area contributed by atoms with Crippen LogP contribution >= 0.6 is 0 Å². The predicted octanol–water partition coefficient (Wildman–Crippen LogP) is 0.452. The van der Waals surface area contributed by atoms with Crippen molar-refractivity contribution in [1.29, 1.82) is 0 Å². The van der Waals surface area contributed by atoms with Crippen molar-refractivity contribution in [2.45, 2.75) is 65.0 Å². The summed E-state index contributed by atoms with van der Waals surface area (Å²) in [5.74, 6) is -1.68. The predicted molar refractivity (Wildman–Crippen MR) is 79.5 cm³/mol. The second-order valence-corrected chi connectivity index (χ2v) is 5.64. The van der Waals surface area contributed by atoms with Crippen LogP contribution < -0.4 is 16.1 Å². The minimum atomic E-state index is -0.834. The van der Waals surface area contributed by atoms with Crippen LogP contribution in [0.25, 0.3) is 0 Å². The first-order chi connectivity index (χ1) is 9.88. The molecule has 0 aliphatic heterocycles. The molecule has 0 saturated heterocycles. The number of nitrogens with one attached hydrogen (secondary N) is 3. The molecule has 1 saturated carbocycles. The number of rotatable bonds is 5. The smallest absolute Gasteiger partial charge is 0.329 e. The summed E-state index contributed by atoms with van der Waals surface area (Å²) in [7, 11) is 0. The van der Waals surface area contributed by atoms with E-state index in [0.717, 1.165) is 25.7 Å². The summed E-state index contributed by atoms with van der Waals surface area (Å²) in [5, 5.41) is 9.15. The number of nitrogens with zero attached hydrogens (tertiary/aromatic N) is 1. The van der Waals surface area contributed by atoms with Crippen molar-refractivity contribution in [1.82, 2.24) is 16.1 Å². The van der Waals surface area contributed by atoms with E-state index in [-0.39, 0.29) is 24.4 Å². The van der Waals surface area contributed by atoms with Gasteiger partial charge in [0.15, 0.2) is 0 Å². The van der Waals surface area contributed by atoms with E-state index in [9.17, 15) is 14.4 Å². The Kier molecular flexibility index (Phi) is 6.84. The molecule has 3 amide bonds. The number of hydrogen-bond donors (Lipinski definition) is 3. The zero-order chi connectivity index (χ0) is 15.8. The first-order valence-electron chi connectivity index (χ1n) is 7.32. The van der Waals surface area contributed by atoms with Gasteiger partial charge in [-0.15, -0.1) is 0 Å². The zero-order valence-electron chi connectivity index (χ0n) is 12.9. The minimum Gasteiger partial charge on any atom is -0.353 e. The van der Waals surface area contributed by atoms with E-state index in [2.05, 4.69) is 21.2 Å². The van der Waals surface area contributed by atoms with Crippen LogP contribution in [0.2, 0.25) is 0 Å². The largest absolute Gasteiger partial charge is 0.353 e. The van der Waals surface area contributed by atoms with E-state index >= 15 is 0 Å². The maximum Gasteiger partial charge on any atom is 0.329 e. The fourth-order valence-electron chi connectivity index (χ4n) is 2.15. The third kappa shape index (κ3) is 6.87. The van der Waals surface area contributed by atoms with Crippen LogP contribution in [-0.2, 0) is 14.4 Å². The maximum absolute atomic E-state index is 11.7. The van der Waals surface area contributed by atoms with Crippen LogP contribution in [0, 0.1) is 0 Å². The van der Waals surface area contributed by atoms with Gasteiger partial charge in [0.1, 0.15) is 0 Å². The summed E-state index contributed by atoms with van der Waals surface area (Å²) in [6, 6.07) is 0.141. The Balaban J connectivity index is 2.33. The molecule has 0 heterocycles. The number of hydrazone groups is 1. The molecule has 1 aliphatic carbocycles. The summed E-state index contributed by atoms with van der Waals surface area (Å²) in [4.78, 5) is 34.5. The summed E-state index contributed by atoms with van der Waals surface area (Å²) in [6.07, 6.45) is 4.46. The monoisotopic (exact) mass is 296 g/mol. The molecule has 0 unspecified atom stereocenters. The van der Waals surface area contributed by atoms with Gasteiger partial charge in [0, 0.05) is 17.8 Å². The molecule has 3 N–H and O–H groups in total. The van der Waals surface area contributed by atoms with Crippen molar-refractivity contribution in [3.8, 4) is 0 Å². The van der Waals surface area contributed by atoms with Crippen molar-refractivity contribution >= 4 is 23.4 Å². The lowest BCUT2D eigenvalue weighted by Gasteiger charge is -2.11. The van der Waals surface area contributed by atoms with Gasteiger partial charge in [-0.25, -0.2) is 5.43 Å². The molecule has 21 heavy (non-hydrogen) atoms. The Labute approximate surface area is 124 Å². The van der Waals surface area contributed by atoms with Gasteiger partial charge in [0.05, 0.1) is 6.42 Å². The van der Waals surface area contributed by atoms with Gasteiger partial charge in [0.2, 0.25) is 5.91 Å². The quantitative estimate of drug-likeness (QED) is 0.390. The molecule has 0 bridgehead atoms. The van der Waals surface area contributed by atoms with Crippen molar-refractivity contribution in [2.75, 3.05) is 0 Å². The Morgan fingerprint density at radius 3 is 2.33 bits per heavy atom. The minimum absolute atomic E-state index is 0.107. The molecule has 0 aromatic rings. The lowest BCUT2D eigenvalue weighted by molar-refractivity contribution is -0.139. The molecule has 118 valence electrons. The molecule has 0 aromatic heterocycles. The normalized spacial score (nSPS) is 15.9. The molecule has 1 rings (SSSR count). The van der Waals surface area contributed by atoms with E-state index in [1.165, 1.54) is 0 Å². The average molecular weight is 296 g/mol. The highest BCUT2D eigenvalue weighted by Gasteiger charge is 2.17. The number of carbonyl (C=O) groups is 3. The van der Waals surface area contributed by atoms with Gasteiger partial charge in [0.25, 0.3) is 0 Å². The van der Waals surface area contributed by atoms with Crippen LogP contribution in [0.5, 0.6) is 0 Å². The van der Waals surface area contributed by atoms with Gasteiger partial charge >= 0.3 is 11.8 Å². The molecule has 1 aliphatic rings. The highest BCUT2D eigenvalue weighted by molar-refractivity contribution is 6.35. The van der Waals surface area contributed by atoms with Crippen molar-refractivity contribution in [3.05, 3.63) is 0 Å². The first kappa shape index (κ1) is 17.1. The molecule has 0 aromatic carbocycles. The highest BCUT2D eigenvalue weighted by Crippen LogP contribution is 2.17. The zero-order valence-corrected chi connectivity index (χ0v) is 12.9. The summed E-state index contributed by atoms with van der Waals surface area (Å²) in [6.45, 7) is 5.15. The summed E-state index contributed by atoms with van der Waals surface area (Å²) in [5.41, 5.74) is 2.60. The number of carbonyl (C=O) groups excluding carboxylic acids is 3. The molecule has 0 spiro atoms. The Bertz CT molecular complexity index is 426. The van der Waals surface area contributed by atoms with Crippen molar-refractivity contribution in [2.24, 2.45) is 5.10 Å². The van der Waals surface area contributed by atoms with Crippen LogP contribution in [0.4, 0.5) is 0 Å². The van der Waals surface area contributed by atoms with E-state index in [1.807, 2.05) is 0 Å². The number of hydrogen-bond acceptors (Lipinski definition) is 4. The molecule has 1 fully saturated rings. The number of amides is 3. The van der Waals surface area contributed by atoms with Gasteiger partial charge in [-0.2, -0.15) is 5.10 Å². The van der Waals surface area contributed by atoms with E-state index < -0.39 is 11.8 Å². The van der Waals surface area contributed by atoms with Gasteiger partial charge in [-0.1, -0.05) is 12.8 Å². The Morgan fingerprint density at radius 2 is 1.76 bits per heavy atom. The molecular weight excluding hydrogens is 272 g/mol. The Morgan fingerprint density at radius 1 is 1.14 bits per heavy atom. The molecule has 7 heteroatoms. The fraction of sp³-hybridized carbons (Fsp3) is 0.714. The average Bonchev–Trinajstić information content (AvgIpc) is 2.87. The summed E-state index contributed by atoms with van der Waals surface area (Å²) >= 11 is 0. The molecule has 0 radical (unpaired) electrons. The summed E-state index contributed by atoms with van der Waals surface area (Å²) < 4.78 is 0. The van der Waals surface area contributed by atoms with Crippen LogP contribution in [0.15, 0.2) is 5.10 Å². The maximum atomic E-state index is 11.7. The standard InChI is InChI=1S/C14H24N4O3/c1-9(2)15-13(20)14(21)18-17-10(3)8-12(19)16-11-6-4-5-7-11/h9,11H,4-8H2,1-3H3,(H,15,20)(H,16,19)(H,18,21)/b17-10-. The van der Waals surface area contributed by atoms with E-state index in [1.54, 1.807) is 20.8 Å². The lowest BCUT2D eigenvalue weighted by atomic mass is 10.2. The topological polar surface area (TPSA) is 99.7 Å². The third-order valence-electron chi connectivity index (χ3n) is 3.11. The second-order valence-electron chi connectivity index (χ2n) is 5.64. The molecule has 0 atom stereocenters. The van der Waals surface area contributed by atoms with Crippen LogP contribution in [0.3, 0.4) is 0 Å². The van der Waals surface area contributed by atoms with E-state index in [4.69, 9.17) is 0 Å². The third-order valence-corrected chi connectivity index (χ3v) is 3.11. The highest BCUT2D eigenvalue weighted by atomic mass is 16.2. The van der Waals surface area contributed by atoms with E-state index in [0.29, 0.717) is 5.71 Å². The second kappa shape index (κ2) is 8.39. The fourth-order valence-corrected chi connectivity index (χ4v) is 2.15. The van der Waals surface area contributed by atoms with Gasteiger partial charge in [-0.05, 0) is 33.6 Å². The van der Waals surface area contributed by atoms with Crippen LogP contribution in [-0.4, -0.2) is 35.5 Å². The first-order valence-corrected chi connectivity index (χ1v) is 7.32. The van der Waals surface area contributed by atoms with Crippen molar-refractivity contribution in [3.63, 3.8) is 0 Å². The molecule has 7 nitrogen and oxygen atoms in total.